The third kappa shape index (κ3) is 3.90. The van der Waals surface area contributed by atoms with Gasteiger partial charge in [0.1, 0.15) is 11.5 Å². The van der Waals surface area contributed by atoms with Crippen molar-refractivity contribution in [2.75, 3.05) is 18.5 Å². The van der Waals surface area contributed by atoms with E-state index in [0.29, 0.717) is 18.8 Å². The molecule has 0 unspecified atom stereocenters. The lowest BCUT2D eigenvalue weighted by atomic mass is 9.90. The molecule has 1 aliphatic rings. The lowest BCUT2D eigenvalue weighted by Gasteiger charge is -2.23. The van der Waals surface area contributed by atoms with E-state index in [-0.39, 0.29) is 11.2 Å². The van der Waals surface area contributed by atoms with Crippen LogP contribution in [0.5, 0.6) is 0 Å². The van der Waals surface area contributed by atoms with Crippen LogP contribution in [0.25, 0.3) is 21.7 Å². The molecule has 28 heavy (non-hydrogen) atoms. The molecule has 3 aromatic heterocycles. The molecule has 0 aromatic carbocycles. The third-order valence-electron chi connectivity index (χ3n) is 4.86. The molecule has 0 saturated heterocycles. The molecule has 3 aromatic rings. The van der Waals surface area contributed by atoms with E-state index in [4.69, 9.17) is 9.97 Å². The van der Waals surface area contributed by atoms with Gasteiger partial charge in [-0.2, -0.15) is 0 Å². The Labute approximate surface area is 169 Å². The maximum absolute atomic E-state index is 12.5. The Morgan fingerprint density at radius 3 is 2.82 bits per heavy atom. The molecule has 146 valence electrons. The zero-order valence-corrected chi connectivity index (χ0v) is 17.6. The van der Waals surface area contributed by atoms with E-state index in [9.17, 15) is 4.79 Å². The fourth-order valence-corrected chi connectivity index (χ4v) is 4.40. The van der Waals surface area contributed by atoms with Gasteiger partial charge >= 0.3 is 0 Å². The highest BCUT2D eigenvalue weighted by Gasteiger charge is 2.24. The Balaban J connectivity index is 1.68. The summed E-state index contributed by atoms with van der Waals surface area (Å²) >= 11 is 1.58. The zero-order valence-electron chi connectivity index (χ0n) is 16.8. The standard InChI is InChI=1S/C21H25N5OS/c1-21(2,3)9-13(27)11-26(4)20-14-6-5-7-15(14)24-19(25-20)16-8-18-17(10-22-16)23-12-28-18/h8,10,12H,5-7,9,11H2,1-4H3. The molecular formula is C21H25N5OS. The van der Waals surface area contributed by atoms with Gasteiger partial charge in [0.2, 0.25) is 0 Å². The summed E-state index contributed by atoms with van der Waals surface area (Å²) < 4.78 is 1.07. The number of Topliss-reactive ketones (excluding diaryl/α,β-unsaturated/α-hetero) is 1. The molecule has 0 atom stereocenters. The van der Waals surface area contributed by atoms with Crippen LogP contribution < -0.4 is 4.90 Å². The molecule has 0 saturated carbocycles. The first-order chi connectivity index (χ1) is 13.3. The highest BCUT2D eigenvalue weighted by atomic mass is 32.1. The fraction of sp³-hybridized carbons (Fsp3) is 0.476. The quantitative estimate of drug-likeness (QED) is 0.648. The van der Waals surface area contributed by atoms with E-state index in [1.807, 2.05) is 23.5 Å². The normalized spacial score (nSPS) is 13.7. The summed E-state index contributed by atoms with van der Waals surface area (Å²) in [6.45, 7) is 6.63. The van der Waals surface area contributed by atoms with Gasteiger partial charge in [-0.3, -0.25) is 9.78 Å². The van der Waals surface area contributed by atoms with Gasteiger partial charge in [-0.15, -0.1) is 11.3 Å². The van der Waals surface area contributed by atoms with Crippen LogP contribution in [0.4, 0.5) is 5.82 Å². The van der Waals surface area contributed by atoms with Crippen LogP contribution >= 0.6 is 11.3 Å². The number of rotatable bonds is 5. The molecule has 0 fully saturated rings. The van der Waals surface area contributed by atoms with Crippen molar-refractivity contribution < 1.29 is 4.79 Å². The van der Waals surface area contributed by atoms with E-state index < -0.39 is 0 Å². The Bertz CT molecular complexity index is 1040. The van der Waals surface area contributed by atoms with E-state index in [2.05, 4.69) is 30.7 Å². The number of hydrogen-bond acceptors (Lipinski definition) is 7. The number of nitrogens with zero attached hydrogens (tertiary/aromatic N) is 5. The summed E-state index contributed by atoms with van der Waals surface area (Å²) in [5, 5.41) is 0. The van der Waals surface area contributed by atoms with Crippen LogP contribution in [0.3, 0.4) is 0 Å². The smallest absolute Gasteiger partial charge is 0.180 e. The molecule has 0 aliphatic heterocycles. The van der Waals surface area contributed by atoms with E-state index in [0.717, 1.165) is 46.7 Å². The first-order valence-corrected chi connectivity index (χ1v) is 10.5. The molecule has 1 aliphatic carbocycles. The summed E-state index contributed by atoms with van der Waals surface area (Å²) in [6.07, 6.45) is 5.31. The largest absolute Gasteiger partial charge is 0.352 e. The monoisotopic (exact) mass is 395 g/mol. The SMILES string of the molecule is CN(CC(=O)CC(C)(C)C)c1nc(-c2cc3scnc3cn2)nc2c1CCC2. The third-order valence-corrected chi connectivity index (χ3v) is 5.65. The van der Waals surface area contributed by atoms with Crippen LogP contribution in [-0.4, -0.2) is 39.3 Å². The molecule has 4 rings (SSSR count). The molecule has 0 radical (unpaired) electrons. The predicted molar refractivity (Wildman–Crippen MR) is 113 cm³/mol. The van der Waals surface area contributed by atoms with E-state index in [1.165, 1.54) is 5.56 Å². The Morgan fingerprint density at radius 2 is 2.04 bits per heavy atom. The minimum absolute atomic E-state index is 0.00915. The number of thiazole rings is 1. The van der Waals surface area contributed by atoms with Crippen LogP contribution in [0.2, 0.25) is 0 Å². The molecule has 3 heterocycles. The lowest BCUT2D eigenvalue weighted by Crippen LogP contribution is -2.30. The Hall–Kier alpha value is -2.41. The minimum atomic E-state index is -0.00915. The number of pyridine rings is 1. The minimum Gasteiger partial charge on any atom is -0.352 e. The summed E-state index contributed by atoms with van der Waals surface area (Å²) in [5.74, 6) is 1.72. The number of carbonyl (C=O) groups is 1. The summed E-state index contributed by atoms with van der Waals surface area (Å²) in [5.41, 5.74) is 5.71. The number of anilines is 1. The van der Waals surface area contributed by atoms with Gasteiger partial charge in [-0.05, 0) is 30.7 Å². The van der Waals surface area contributed by atoms with Crippen molar-refractivity contribution in [1.29, 1.82) is 0 Å². The maximum Gasteiger partial charge on any atom is 0.180 e. The number of aromatic nitrogens is 4. The number of likely N-dealkylation sites (N-methyl/N-ethyl adjacent to an activating group) is 1. The highest BCUT2D eigenvalue weighted by molar-refractivity contribution is 7.16. The molecule has 0 amide bonds. The van der Waals surface area contributed by atoms with Gasteiger partial charge in [-0.1, -0.05) is 20.8 Å². The molecule has 0 spiro atoms. The first kappa shape index (κ1) is 18.9. The zero-order chi connectivity index (χ0) is 19.9. The Morgan fingerprint density at radius 1 is 1.21 bits per heavy atom. The Kier molecular flexibility index (Phi) is 4.87. The highest BCUT2D eigenvalue weighted by Crippen LogP contribution is 2.31. The van der Waals surface area contributed by atoms with Gasteiger partial charge < -0.3 is 4.90 Å². The first-order valence-electron chi connectivity index (χ1n) is 9.62. The summed E-state index contributed by atoms with van der Waals surface area (Å²) in [6, 6.07) is 2.00. The lowest BCUT2D eigenvalue weighted by molar-refractivity contribution is -0.119. The van der Waals surface area contributed by atoms with Crippen molar-refractivity contribution in [3.63, 3.8) is 0 Å². The van der Waals surface area contributed by atoms with Gasteiger partial charge in [0.25, 0.3) is 0 Å². The van der Waals surface area contributed by atoms with Crippen molar-refractivity contribution >= 4 is 33.2 Å². The van der Waals surface area contributed by atoms with Crippen molar-refractivity contribution in [3.8, 4) is 11.5 Å². The molecule has 6 nitrogen and oxygen atoms in total. The number of carbonyl (C=O) groups excluding carboxylic acids is 1. The fourth-order valence-electron chi connectivity index (χ4n) is 3.71. The van der Waals surface area contributed by atoms with Crippen molar-refractivity contribution in [2.24, 2.45) is 5.41 Å². The van der Waals surface area contributed by atoms with Crippen LogP contribution in [0.15, 0.2) is 17.8 Å². The second-order valence-corrected chi connectivity index (χ2v) is 9.56. The molecular weight excluding hydrogens is 370 g/mol. The van der Waals surface area contributed by atoms with Gasteiger partial charge in [0.05, 0.1) is 28.5 Å². The average Bonchev–Trinajstić information content (AvgIpc) is 3.27. The number of aryl methyl sites for hydroxylation is 1. The number of ketones is 1. The molecule has 7 heteroatoms. The van der Waals surface area contributed by atoms with Crippen molar-refractivity contribution in [1.82, 2.24) is 19.9 Å². The van der Waals surface area contributed by atoms with E-state index in [1.54, 1.807) is 17.5 Å². The van der Waals surface area contributed by atoms with Gasteiger partial charge in [0.15, 0.2) is 11.6 Å². The predicted octanol–water partition coefficient (Wildman–Crippen LogP) is 4.08. The van der Waals surface area contributed by atoms with E-state index >= 15 is 0 Å². The number of fused-ring (bicyclic) bond motifs is 2. The topological polar surface area (TPSA) is 71.9 Å². The van der Waals surface area contributed by atoms with Crippen molar-refractivity contribution in [3.05, 3.63) is 29.0 Å². The summed E-state index contributed by atoms with van der Waals surface area (Å²) in [4.78, 5) is 32.9. The second-order valence-electron chi connectivity index (χ2n) is 8.67. The van der Waals surface area contributed by atoms with Crippen molar-refractivity contribution in [2.45, 2.75) is 46.5 Å². The maximum atomic E-state index is 12.5. The summed E-state index contributed by atoms with van der Waals surface area (Å²) in [7, 11) is 1.95. The second kappa shape index (κ2) is 7.20. The molecule has 0 N–H and O–H groups in total. The van der Waals surface area contributed by atoms with Crippen LogP contribution in [0, 0.1) is 5.41 Å². The van der Waals surface area contributed by atoms with Crippen LogP contribution in [-0.2, 0) is 17.6 Å². The average molecular weight is 396 g/mol. The number of hydrogen-bond donors (Lipinski definition) is 0. The van der Waals surface area contributed by atoms with Crippen LogP contribution in [0.1, 0.15) is 44.9 Å². The molecule has 0 bridgehead atoms. The van der Waals surface area contributed by atoms with Gasteiger partial charge in [0, 0.05) is 24.7 Å². The van der Waals surface area contributed by atoms with Gasteiger partial charge in [-0.25, -0.2) is 15.0 Å².